The van der Waals surface area contributed by atoms with Gasteiger partial charge in [-0.05, 0) is 31.0 Å². The smallest absolute Gasteiger partial charge is 0.116 e. The Hall–Kier alpha value is -0.630. The molecule has 1 N–H and O–H groups in total. The van der Waals surface area contributed by atoms with Crippen LogP contribution >= 0.6 is 11.8 Å². The summed E-state index contributed by atoms with van der Waals surface area (Å²) < 4.78 is 0. The van der Waals surface area contributed by atoms with Crippen molar-refractivity contribution in [2.75, 3.05) is 0 Å². The maximum atomic E-state index is 9.33. The van der Waals surface area contributed by atoms with Gasteiger partial charge in [-0.2, -0.15) is 0 Å². The number of hydrogen-bond donors (Lipinski definition) is 1. The van der Waals surface area contributed by atoms with E-state index in [0.29, 0.717) is 5.75 Å². The summed E-state index contributed by atoms with van der Waals surface area (Å²) in [6.45, 7) is 0. The summed E-state index contributed by atoms with van der Waals surface area (Å²) in [5.74, 6) is 0.380. The summed E-state index contributed by atoms with van der Waals surface area (Å²) in [6.07, 6.45) is 6.81. The van der Waals surface area contributed by atoms with Gasteiger partial charge in [0.05, 0.1) is 0 Å². The minimum absolute atomic E-state index is 0.380. The standard InChI is InChI=1S/C12H16OS/c13-10-5-4-8-12(9-10)14-11-6-2-1-3-7-11/h4-5,8-9,11,13H,1-3,6-7H2. The summed E-state index contributed by atoms with van der Waals surface area (Å²) in [5, 5.41) is 10.1. The number of aromatic hydroxyl groups is 1. The number of benzene rings is 1. The second-order valence-corrected chi connectivity index (χ2v) is 5.25. The van der Waals surface area contributed by atoms with E-state index in [4.69, 9.17) is 0 Å². The summed E-state index contributed by atoms with van der Waals surface area (Å²) in [6, 6.07) is 7.59. The molecular formula is C12H16OS. The van der Waals surface area contributed by atoms with Crippen LogP contribution in [0.2, 0.25) is 0 Å². The highest BCUT2D eigenvalue weighted by Crippen LogP contribution is 2.34. The Bertz CT molecular complexity index is 292. The Kier molecular flexibility index (Phi) is 3.35. The van der Waals surface area contributed by atoms with Crippen molar-refractivity contribution in [3.8, 4) is 5.75 Å². The van der Waals surface area contributed by atoms with E-state index in [0.717, 1.165) is 5.25 Å². The Morgan fingerprint density at radius 1 is 1.14 bits per heavy atom. The molecule has 1 fully saturated rings. The molecule has 0 radical (unpaired) electrons. The molecule has 0 aliphatic heterocycles. The molecule has 0 aromatic heterocycles. The second kappa shape index (κ2) is 4.74. The molecule has 2 rings (SSSR count). The zero-order valence-corrected chi connectivity index (χ0v) is 9.09. The first-order valence-electron chi connectivity index (χ1n) is 5.30. The lowest BCUT2D eigenvalue weighted by molar-refractivity contribution is 0.473. The number of phenols is 1. The largest absolute Gasteiger partial charge is 0.508 e. The van der Waals surface area contributed by atoms with E-state index in [1.165, 1.54) is 37.0 Å². The van der Waals surface area contributed by atoms with Crippen LogP contribution < -0.4 is 0 Å². The highest BCUT2D eigenvalue weighted by molar-refractivity contribution is 8.00. The average molecular weight is 208 g/mol. The molecule has 0 heterocycles. The van der Waals surface area contributed by atoms with Crippen molar-refractivity contribution in [2.45, 2.75) is 42.2 Å². The van der Waals surface area contributed by atoms with Crippen LogP contribution in [0.4, 0.5) is 0 Å². The van der Waals surface area contributed by atoms with Gasteiger partial charge in [-0.15, -0.1) is 11.8 Å². The van der Waals surface area contributed by atoms with Crippen molar-refractivity contribution in [1.82, 2.24) is 0 Å². The molecule has 2 heteroatoms. The Morgan fingerprint density at radius 2 is 1.93 bits per heavy atom. The Balaban J connectivity index is 1.95. The topological polar surface area (TPSA) is 20.2 Å². The number of thioether (sulfide) groups is 1. The predicted octanol–water partition coefficient (Wildman–Crippen LogP) is 3.82. The van der Waals surface area contributed by atoms with E-state index in [-0.39, 0.29) is 0 Å². The quantitative estimate of drug-likeness (QED) is 0.797. The van der Waals surface area contributed by atoms with E-state index >= 15 is 0 Å². The van der Waals surface area contributed by atoms with Crippen molar-refractivity contribution in [3.63, 3.8) is 0 Å². The highest BCUT2D eigenvalue weighted by Gasteiger charge is 2.14. The van der Waals surface area contributed by atoms with Gasteiger partial charge < -0.3 is 5.11 Å². The van der Waals surface area contributed by atoms with Gasteiger partial charge in [-0.25, -0.2) is 0 Å². The van der Waals surface area contributed by atoms with E-state index in [1.807, 2.05) is 23.9 Å². The molecule has 0 spiro atoms. The van der Waals surface area contributed by atoms with E-state index in [1.54, 1.807) is 6.07 Å². The molecule has 1 aliphatic rings. The van der Waals surface area contributed by atoms with Crippen LogP contribution in [0.5, 0.6) is 5.75 Å². The molecule has 1 aromatic carbocycles. The van der Waals surface area contributed by atoms with Gasteiger partial charge in [0.2, 0.25) is 0 Å². The molecular weight excluding hydrogens is 192 g/mol. The second-order valence-electron chi connectivity index (χ2n) is 3.88. The summed E-state index contributed by atoms with van der Waals surface area (Å²) >= 11 is 1.92. The van der Waals surface area contributed by atoms with E-state index < -0.39 is 0 Å². The minimum Gasteiger partial charge on any atom is -0.508 e. The summed E-state index contributed by atoms with van der Waals surface area (Å²) in [5.41, 5.74) is 0. The van der Waals surface area contributed by atoms with Crippen LogP contribution in [-0.4, -0.2) is 10.4 Å². The van der Waals surface area contributed by atoms with Gasteiger partial charge in [0.15, 0.2) is 0 Å². The van der Waals surface area contributed by atoms with Crippen molar-refractivity contribution in [2.24, 2.45) is 0 Å². The van der Waals surface area contributed by atoms with Crippen molar-refractivity contribution >= 4 is 11.8 Å². The lowest BCUT2D eigenvalue weighted by Crippen LogP contribution is -2.07. The average Bonchev–Trinajstić information content (AvgIpc) is 2.19. The zero-order chi connectivity index (χ0) is 9.80. The number of hydrogen-bond acceptors (Lipinski definition) is 2. The van der Waals surface area contributed by atoms with Crippen LogP contribution in [0.25, 0.3) is 0 Å². The molecule has 0 unspecified atom stereocenters. The molecule has 1 aliphatic carbocycles. The predicted molar refractivity (Wildman–Crippen MR) is 60.8 cm³/mol. The fourth-order valence-electron chi connectivity index (χ4n) is 1.93. The number of phenolic OH excluding ortho intramolecular Hbond substituents is 1. The minimum atomic E-state index is 0.380. The van der Waals surface area contributed by atoms with Crippen molar-refractivity contribution in [3.05, 3.63) is 24.3 Å². The first-order valence-corrected chi connectivity index (χ1v) is 6.18. The Morgan fingerprint density at radius 3 is 2.64 bits per heavy atom. The van der Waals surface area contributed by atoms with Crippen LogP contribution in [0, 0.1) is 0 Å². The molecule has 0 bridgehead atoms. The van der Waals surface area contributed by atoms with Crippen molar-refractivity contribution in [1.29, 1.82) is 0 Å². The first-order chi connectivity index (χ1) is 6.84. The summed E-state index contributed by atoms with van der Waals surface area (Å²) in [7, 11) is 0. The van der Waals surface area contributed by atoms with Crippen LogP contribution in [0.15, 0.2) is 29.2 Å². The van der Waals surface area contributed by atoms with Gasteiger partial charge >= 0.3 is 0 Å². The fraction of sp³-hybridized carbons (Fsp3) is 0.500. The van der Waals surface area contributed by atoms with Crippen molar-refractivity contribution < 1.29 is 5.11 Å². The third kappa shape index (κ3) is 2.68. The molecule has 0 saturated heterocycles. The highest BCUT2D eigenvalue weighted by atomic mass is 32.2. The molecule has 0 atom stereocenters. The third-order valence-electron chi connectivity index (χ3n) is 2.67. The lowest BCUT2D eigenvalue weighted by Gasteiger charge is -2.20. The maximum Gasteiger partial charge on any atom is 0.116 e. The van der Waals surface area contributed by atoms with E-state index in [2.05, 4.69) is 6.07 Å². The van der Waals surface area contributed by atoms with Gasteiger partial charge in [-0.3, -0.25) is 0 Å². The molecule has 76 valence electrons. The first kappa shape index (κ1) is 9.91. The van der Waals surface area contributed by atoms with Gasteiger partial charge in [0, 0.05) is 10.1 Å². The molecule has 1 aromatic rings. The van der Waals surface area contributed by atoms with Crippen LogP contribution in [-0.2, 0) is 0 Å². The van der Waals surface area contributed by atoms with Gasteiger partial charge in [-0.1, -0.05) is 25.3 Å². The van der Waals surface area contributed by atoms with Gasteiger partial charge in [0.1, 0.15) is 5.75 Å². The molecule has 14 heavy (non-hydrogen) atoms. The molecule has 1 nitrogen and oxygen atoms in total. The SMILES string of the molecule is Oc1cccc(SC2CCCCC2)c1. The lowest BCUT2D eigenvalue weighted by atomic mass is 10.0. The summed E-state index contributed by atoms with van der Waals surface area (Å²) in [4.78, 5) is 1.21. The molecule has 1 saturated carbocycles. The zero-order valence-electron chi connectivity index (χ0n) is 8.28. The number of rotatable bonds is 2. The third-order valence-corrected chi connectivity index (χ3v) is 4.00. The Labute approximate surface area is 89.5 Å². The maximum absolute atomic E-state index is 9.33. The van der Waals surface area contributed by atoms with Crippen LogP contribution in [0.3, 0.4) is 0 Å². The van der Waals surface area contributed by atoms with Crippen LogP contribution in [0.1, 0.15) is 32.1 Å². The van der Waals surface area contributed by atoms with E-state index in [9.17, 15) is 5.11 Å². The molecule has 0 amide bonds. The van der Waals surface area contributed by atoms with Gasteiger partial charge in [0.25, 0.3) is 0 Å². The normalized spacial score (nSPS) is 18.3. The monoisotopic (exact) mass is 208 g/mol. The fourth-order valence-corrected chi connectivity index (χ4v) is 3.23.